The van der Waals surface area contributed by atoms with Crippen LogP contribution in [0.4, 0.5) is 5.82 Å². The lowest BCUT2D eigenvalue weighted by Crippen LogP contribution is -2.29. The Hall–Kier alpha value is -1.09. The normalized spacial score (nSPS) is 18.6. The van der Waals surface area contributed by atoms with Crippen molar-refractivity contribution in [1.29, 1.82) is 0 Å². The van der Waals surface area contributed by atoms with Gasteiger partial charge in [0.2, 0.25) is 0 Å². The first-order valence-electron chi connectivity index (χ1n) is 8.14. The van der Waals surface area contributed by atoms with E-state index in [0.717, 1.165) is 18.4 Å². The number of anilines is 1. The maximum atomic E-state index is 4.70. The highest BCUT2D eigenvalue weighted by Gasteiger charge is 2.29. The number of nitrogens with zero attached hydrogens (tertiary/aromatic N) is 2. The number of nitrogens with one attached hydrogen (secondary N) is 1. The van der Waals surface area contributed by atoms with Crippen LogP contribution in [0, 0.1) is 11.8 Å². The molecule has 2 fully saturated rings. The predicted octanol–water partition coefficient (Wildman–Crippen LogP) is 3.21. The van der Waals surface area contributed by atoms with E-state index in [4.69, 9.17) is 4.98 Å². The first-order chi connectivity index (χ1) is 9.70. The van der Waals surface area contributed by atoms with E-state index in [1.54, 1.807) is 0 Å². The average Bonchev–Trinajstić information content (AvgIpc) is 3.31. The van der Waals surface area contributed by atoms with E-state index in [9.17, 15) is 0 Å². The van der Waals surface area contributed by atoms with E-state index in [0.29, 0.717) is 6.04 Å². The topological polar surface area (TPSA) is 28.2 Å². The molecule has 1 aromatic rings. The molecule has 2 saturated carbocycles. The van der Waals surface area contributed by atoms with Crippen LogP contribution in [0.25, 0.3) is 0 Å². The summed E-state index contributed by atoms with van der Waals surface area (Å²) in [6.07, 6.45) is 7.70. The van der Waals surface area contributed by atoms with Crippen LogP contribution in [0.3, 0.4) is 0 Å². The second-order valence-electron chi connectivity index (χ2n) is 6.85. The number of rotatable bonds is 8. The SMILES string of the molecule is CC(C)NCc1ccc(N(CC2CC2)CC2CC2)nc1. The highest BCUT2D eigenvalue weighted by atomic mass is 15.2. The first-order valence-corrected chi connectivity index (χ1v) is 8.14. The third-order valence-electron chi connectivity index (χ3n) is 4.20. The standard InChI is InChI=1S/C17H27N3/c1-13(2)18-9-16-7-8-17(19-10-16)20(11-14-3-4-14)12-15-5-6-15/h7-8,10,13-15,18H,3-6,9,11-12H2,1-2H3. The van der Waals surface area contributed by atoms with Crippen LogP contribution in [0.1, 0.15) is 45.1 Å². The van der Waals surface area contributed by atoms with Crippen molar-refractivity contribution < 1.29 is 0 Å². The third-order valence-corrected chi connectivity index (χ3v) is 4.20. The summed E-state index contributed by atoms with van der Waals surface area (Å²) in [5.74, 6) is 3.03. The van der Waals surface area contributed by atoms with E-state index >= 15 is 0 Å². The lowest BCUT2D eigenvalue weighted by atomic mass is 10.2. The highest BCUT2D eigenvalue weighted by molar-refractivity contribution is 5.40. The first kappa shape index (κ1) is 13.9. The van der Waals surface area contributed by atoms with Gasteiger partial charge in [0.05, 0.1) is 0 Å². The zero-order valence-electron chi connectivity index (χ0n) is 12.8. The molecule has 2 aliphatic carbocycles. The Morgan fingerprint density at radius 1 is 1.15 bits per heavy atom. The molecule has 20 heavy (non-hydrogen) atoms. The van der Waals surface area contributed by atoms with Crippen LogP contribution in [0.5, 0.6) is 0 Å². The molecular formula is C17H27N3. The van der Waals surface area contributed by atoms with E-state index in [-0.39, 0.29) is 0 Å². The molecule has 3 heteroatoms. The van der Waals surface area contributed by atoms with Gasteiger partial charge < -0.3 is 10.2 Å². The van der Waals surface area contributed by atoms with Crippen LogP contribution in [-0.2, 0) is 6.54 Å². The van der Waals surface area contributed by atoms with E-state index in [2.05, 4.69) is 36.2 Å². The maximum Gasteiger partial charge on any atom is 0.128 e. The van der Waals surface area contributed by atoms with Crippen LogP contribution < -0.4 is 10.2 Å². The van der Waals surface area contributed by atoms with E-state index in [1.807, 2.05) is 6.20 Å². The van der Waals surface area contributed by atoms with Gasteiger partial charge in [-0.2, -0.15) is 0 Å². The third kappa shape index (κ3) is 4.20. The Kier molecular flexibility index (Phi) is 4.25. The lowest BCUT2D eigenvalue weighted by Gasteiger charge is -2.24. The summed E-state index contributed by atoms with van der Waals surface area (Å²) >= 11 is 0. The van der Waals surface area contributed by atoms with Gasteiger partial charge in [-0.15, -0.1) is 0 Å². The van der Waals surface area contributed by atoms with Crippen LogP contribution in [-0.4, -0.2) is 24.1 Å². The fraction of sp³-hybridized carbons (Fsp3) is 0.706. The molecule has 3 rings (SSSR count). The summed E-state index contributed by atoms with van der Waals surface area (Å²) in [4.78, 5) is 7.23. The Balaban J connectivity index is 1.60. The molecule has 1 heterocycles. The van der Waals surface area contributed by atoms with Gasteiger partial charge in [-0.05, 0) is 49.1 Å². The minimum Gasteiger partial charge on any atom is -0.356 e. The Morgan fingerprint density at radius 3 is 2.25 bits per heavy atom. The fourth-order valence-corrected chi connectivity index (χ4v) is 2.52. The van der Waals surface area contributed by atoms with Crippen molar-refractivity contribution in [2.45, 2.75) is 52.1 Å². The molecule has 0 unspecified atom stereocenters. The number of hydrogen-bond acceptors (Lipinski definition) is 3. The van der Waals surface area contributed by atoms with Gasteiger partial charge in [0, 0.05) is 31.9 Å². The van der Waals surface area contributed by atoms with Crippen molar-refractivity contribution in [3.05, 3.63) is 23.9 Å². The van der Waals surface area contributed by atoms with Gasteiger partial charge in [0.15, 0.2) is 0 Å². The molecule has 1 aromatic heterocycles. The van der Waals surface area contributed by atoms with E-state index < -0.39 is 0 Å². The predicted molar refractivity (Wildman–Crippen MR) is 83.9 cm³/mol. The second-order valence-corrected chi connectivity index (χ2v) is 6.85. The summed E-state index contributed by atoms with van der Waals surface area (Å²) in [5, 5.41) is 3.44. The van der Waals surface area contributed by atoms with Crippen LogP contribution >= 0.6 is 0 Å². The molecule has 1 N–H and O–H groups in total. The molecule has 0 atom stereocenters. The molecule has 2 aliphatic rings. The molecule has 3 nitrogen and oxygen atoms in total. The van der Waals surface area contributed by atoms with Crippen molar-refractivity contribution in [2.24, 2.45) is 11.8 Å². The Bertz CT molecular complexity index is 404. The number of hydrogen-bond donors (Lipinski definition) is 1. The number of pyridine rings is 1. The lowest BCUT2D eigenvalue weighted by molar-refractivity contribution is 0.587. The van der Waals surface area contributed by atoms with Gasteiger partial charge in [-0.3, -0.25) is 0 Å². The smallest absolute Gasteiger partial charge is 0.128 e. The van der Waals surface area contributed by atoms with Crippen molar-refractivity contribution in [3.8, 4) is 0 Å². The van der Waals surface area contributed by atoms with Gasteiger partial charge in [0.1, 0.15) is 5.82 Å². The molecule has 0 bridgehead atoms. The summed E-state index contributed by atoms with van der Waals surface area (Å²) < 4.78 is 0. The highest BCUT2D eigenvalue weighted by Crippen LogP contribution is 2.35. The fourth-order valence-electron chi connectivity index (χ4n) is 2.52. The summed E-state index contributed by atoms with van der Waals surface area (Å²) in [6, 6.07) is 4.96. The van der Waals surface area contributed by atoms with Crippen molar-refractivity contribution >= 4 is 5.82 Å². The van der Waals surface area contributed by atoms with Gasteiger partial charge in [0.25, 0.3) is 0 Å². The van der Waals surface area contributed by atoms with E-state index in [1.165, 1.54) is 50.2 Å². The largest absolute Gasteiger partial charge is 0.356 e. The summed E-state index contributed by atoms with van der Waals surface area (Å²) in [6.45, 7) is 7.69. The Labute approximate surface area is 122 Å². The molecule has 0 amide bonds. The van der Waals surface area contributed by atoms with Crippen LogP contribution in [0.15, 0.2) is 18.3 Å². The average molecular weight is 273 g/mol. The molecule has 0 spiro atoms. The molecule has 0 saturated heterocycles. The zero-order chi connectivity index (χ0) is 13.9. The van der Waals surface area contributed by atoms with Crippen molar-refractivity contribution in [1.82, 2.24) is 10.3 Å². The van der Waals surface area contributed by atoms with Gasteiger partial charge >= 0.3 is 0 Å². The minimum atomic E-state index is 0.524. The summed E-state index contributed by atoms with van der Waals surface area (Å²) in [7, 11) is 0. The molecule has 0 radical (unpaired) electrons. The van der Waals surface area contributed by atoms with Crippen molar-refractivity contribution in [3.63, 3.8) is 0 Å². The Morgan fingerprint density at radius 2 is 1.80 bits per heavy atom. The zero-order valence-corrected chi connectivity index (χ0v) is 12.8. The maximum absolute atomic E-state index is 4.70. The molecular weight excluding hydrogens is 246 g/mol. The molecule has 0 aromatic carbocycles. The second kappa shape index (κ2) is 6.13. The van der Waals surface area contributed by atoms with Crippen LogP contribution in [0.2, 0.25) is 0 Å². The molecule has 110 valence electrons. The molecule has 0 aliphatic heterocycles. The van der Waals surface area contributed by atoms with Gasteiger partial charge in [-0.25, -0.2) is 4.98 Å². The monoisotopic (exact) mass is 273 g/mol. The quantitative estimate of drug-likeness (QED) is 0.788. The summed E-state index contributed by atoms with van der Waals surface area (Å²) in [5.41, 5.74) is 1.28. The van der Waals surface area contributed by atoms with Gasteiger partial charge in [-0.1, -0.05) is 19.9 Å². The number of aromatic nitrogens is 1. The minimum absolute atomic E-state index is 0.524. The van der Waals surface area contributed by atoms with Crippen molar-refractivity contribution in [2.75, 3.05) is 18.0 Å².